The van der Waals surface area contributed by atoms with Crippen LogP contribution in [0.2, 0.25) is 0 Å². The molecule has 0 aromatic heterocycles. The highest BCUT2D eigenvalue weighted by molar-refractivity contribution is 5.49. The van der Waals surface area contributed by atoms with E-state index in [9.17, 15) is 4.39 Å². The molecule has 17 heavy (non-hydrogen) atoms. The van der Waals surface area contributed by atoms with Gasteiger partial charge in [-0.2, -0.15) is 0 Å². The van der Waals surface area contributed by atoms with Crippen LogP contribution in [0.5, 0.6) is 0 Å². The number of hydrogen-bond donors (Lipinski definition) is 1. The molecule has 0 aliphatic carbocycles. The number of nitrogens with one attached hydrogen (secondary N) is 1. The second kappa shape index (κ2) is 5.50. The van der Waals surface area contributed by atoms with Crippen molar-refractivity contribution >= 4 is 5.69 Å². The van der Waals surface area contributed by atoms with Crippen LogP contribution in [0.4, 0.5) is 10.1 Å². The van der Waals surface area contributed by atoms with Crippen molar-refractivity contribution in [2.45, 2.75) is 32.7 Å². The minimum atomic E-state index is -0.100. The third-order valence-electron chi connectivity index (χ3n) is 3.37. The summed E-state index contributed by atoms with van der Waals surface area (Å²) in [7, 11) is 0. The van der Waals surface area contributed by atoms with Crippen LogP contribution in [-0.4, -0.2) is 25.7 Å². The molecule has 2 nitrogen and oxygen atoms in total. The van der Waals surface area contributed by atoms with E-state index in [4.69, 9.17) is 0 Å². The Morgan fingerprint density at radius 2 is 2.18 bits per heavy atom. The van der Waals surface area contributed by atoms with Crippen LogP contribution in [0.15, 0.2) is 18.2 Å². The molecule has 0 saturated carbocycles. The Morgan fingerprint density at radius 3 is 3.00 bits per heavy atom. The lowest BCUT2D eigenvalue weighted by Crippen LogP contribution is -2.38. The first-order valence-electron chi connectivity index (χ1n) is 6.41. The molecule has 1 heterocycles. The summed E-state index contributed by atoms with van der Waals surface area (Å²) in [5.74, 6) is -0.100. The van der Waals surface area contributed by atoms with Gasteiger partial charge in [0.2, 0.25) is 0 Å². The quantitative estimate of drug-likeness (QED) is 0.806. The average Bonchev–Trinajstić information content (AvgIpc) is 2.28. The molecular formula is C14H21FN2. The predicted molar refractivity (Wildman–Crippen MR) is 70.0 cm³/mol. The molecule has 1 atom stereocenters. The Labute approximate surface area is 103 Å². The van der Waals surface area contributed by atoms with Crippen LogP contribution >= 0.6 is 0 Å². The van der Waals surface area contributed by atoms with Gasteiger partial charge in [0.15, 0.2) is 0 Å². The zero-order valence-electron chi connectivity index (χ0n) is 10.7. The first-order chi connectivity index (χ1) is 8.16. The van der Waals surface area contributed by atoms with E-state index in [1.165, 1.54) is 0 Å². The highest BCUT2D eigenvalue weighted by Gasteiger charge is 2.15. The van der Waals surface area contributed by atoms with Gasteiger partial charge >= 0.3 is 0 Å². The Morgan fingerprint density at radius 1 is 1.35 bits per heavy atom. The van der Waals surface area contributed by atoms with Crippen LogP contribution in [0.1, 0.15) is 25.3 Å². The lowest BCUT2D eigenvalue weighted by atomic mass is 10.1. The molecule has 0 bridgehead atoms. The monoisotopic (exact) mass is 236 g/mol. The maximum Gasteiger partial charge on any atom is 0.146 e. The summed E-state index contributed by atoms with van der Waals surface area (Å²) >= 11 is 0. The van der Waals surface area contributed by atoms with Gasteiger partial charge in [-0.25, -0.2) is 4.39 Å². The van der Waals surface area contributed by atoms with Crippen molar-refractivity contribution in [1.82, 2.24) is 5.32 Å². The number of anilines is 1. The Bertz CT molecular complexity index is 378. The highest BCUT2D eigenvalue weighted by atomic mass is 19.1. The molecule has 3 heteroatoms. The van der Waals surface area contributed by atoms with E-state index in [0.29, 0.717) is 6.04 Å². The summed E-state index contributed by atoms with van der Waals surface area (Å²) in [6, 6.07) is 5.87. The van der Waals surface area contributed by atoms with Crippen LogP contribution in [0.25, 0.3) is 0 Å². The summed E-state index contributed by atoms with van der Waals surface area (Å²) in [5, 5.41) is 3.46. The zero-order chi connectivity index (χ0) is 12.3. The van der Waals surface area contributed by atoms with E-state index in [1.807, 2.05) is 19.1 Å². The first-order valence-corrected chi connectivity index (χ1v) is 6.41. The van der Waals surface area contributed by atoms with Crippen molar-refractivity contribution in [2.75, 3.05) is 24.5 Å². The lowest BCUT2D eigenvalue weighted by Gasteiger charge is -2.30. The van der Waals surface area contributed by atoms with E-state index < -0.39 is 0 Å². The van der Waals surface area contributed by atoms with Crippen LogP contribution in [0.3, 0.4) is 0 Å². The number of benzene rings is 1. The largest absolute Gasteiger partial charge is 0.369 e. The van der Waals surface area contributed by atoms with Crippen LogP contribution < -0.4 is 10.2 Å². The van der Waals surface area contributed by atoms with Gasteiger partial charge in [0.25, 0.3) is 0 Å². The molecule has 1 N–H and O–H groups in total. The molecule has 0 radical (unpaired) electrons. The van der Waals surface area contributed by atoms with Gasteiger partial charge in [0.1, 0.15) is 5.82 Å². The summed E-state index contributed by atoms with van der Waals surface area (Å²) in [5.41, 5.74) is 1.88. The third kappa shape index (κ3) is 3.19. The normalized spacial score (nSPS) is 22.1. The maximum absolute atomic E-state index is 13.8. The Hall–Kier alpha value is -1.09. The van der Waals surface area contributed by atoms with E-state index >= 15 is 0 Å². The van der Waals surface area contributed by atoms with Gasteiger partial charge in [0, 0.05) is 19.1 Å². The van der Waals surface area contributed by atoms with Gasteiger partial charge in [-0.05, 0) is 50.9 Å². The first kappa shape index (κ1) is 12.4. The number of nitrogens with zero attached hydrogens (tertiary/aromatic N) is 1. The van der Waals surface area contributed by atoms with Crippen molar-refractivity contribution < 1.29 is 4.39 Å². The summed E-state index contributed by atoms with van der Waals surface area (Å²) in [6.07, 6.45) is 2.13. The van der Waals surface area contributed by atoms with E-state index in [-0.39, 0.29) is 5.82 Å². The van der Waals surface area contributed by atoms with Gasteiger partial charge in [0.05, 0.1) is 5.69 Å². The molecule has 1 saturated heterocycles. The van der Waals surface area contributed by atoms with Gasteiger partial charge in [-0.1, -0.05) is 6.07 Å². The minimum absolute atomic E-state index is 0.100. The fraction of sp³-hybridized carbons (Fsp3) is 0.571. The second-order valence-corrected chi connectivity index (χ2v) is 4.94. The predicted octanol–water partition coefficient (Wildman–Crippen LogP) is 2.71. The van der Waals surface area contributed by atoms with E-state index in [0.717, 1.165) is 43.7 Å². The summed E-state index contributed by atoms with van der Waals surface area (Å²) < 4.78 is 13.8. The van der Waals surface area contributed by atoms with Gasteiger partial charge in [-0.15, -0.1) is 0 Å². The van der Waals surface area contributed by atoms with Gasteiger partial charge < -0.3 is 10.2 Å². The molecule has 2 rings (SSSR count). The van der Waals surface area contributed by atoms with Crippen molar-refractivity contribution in [2.24, 2.45) is 0 Å². The van der Waals surface area contributed by atoms with Crippen molar-refractivity contribution in [3.63, 3.8) is 0 Å². The molecule has 1 aromatic carbocycles. The number of rotatable bonds is 1. The lowest BCUT2D eigenvalue weighted by molar-refractivity contribution is 0.471. The molecule has 1 aromatic rings. The average molecular weight is 236 g/mol. The summed E-state index contributed by atoms with van der Waals surface area (Å²) in [6.45, 7) is 7.08. The molecule has 1 unspecified atom stereocenters. The van der Waals surface area contributed by atoms with E-state index in [1.54, 1.807) is 6.07 Å². The number of halogens is 1. The SMILES string of the molecule is Cc1ccc(F)c(N2CCCNC(C)CC2)c1. The third-order valence-corrected chi connectivity index (χ3v) is 3.37. The summed E-state index contributed by atoms with van der Waals surface area (Å²) in [4.78, 5) is 2.18. The van der Waals surface area contributed by atoms with E-state index in [2.05, 4.69) is 17.1 Å². The molecule has 1 fully saturated rings. The zero-order valence-corrected chi connectivity index (χ0v) is 10.7. The topological polar surface area (TPSA) is 15.3 Å². The number of hydrogen-bond acceptors (Lipinski definition) is 2. The minimum Gasteiger partial charge on any atom is -0.369 e. The Kier molecular flexibility index (Phi) is 4.00. The van der Waals surface area contributed by atoms with Crippen LogP contribution in [-0.2, 0) is 0 Å². The van der Waals surface area contributed by atoms with Crippen molar-refractivity contribution in [3.05, 3.63) is 29.6 Å². The van der Waals surface area contributed by atoms with Crippen molar-refractivity contribution in [3.8, 4) is 0 Å². The standard InChI is InChI=1S/C14H21FN2/c1-11-4-5-13(15)14(10-11)17-8-3-7-16-12(2)6-9-17/h4-5,10,12,16H,3,6-9H2,1-2H3. The molecular weight excluding hydrogens is 215 g/mol. The fourth-order valence-electron chi connectivity index (χ4n) is 2.29. The molecule has 0 amide bonds. The highest BCUT2D eigenvalue weighted by Crippen LogP contribution is 2.22. The fourth-order valence-corrected chi connectivity index (χ4v) is 2.29. The molecule has 94 valence electrons. The van der Waals surface area contributed by atoms with Crippen LogP contribution in [0, 0.1) is 12.7 Å². The molecule has 1 aliphatic heterocycles. The van der Waals surface area contributed by atoms with Crippen molar-refractivity contribution in [1.29, 1.82) is 0 Å². The molecule has 1 aliphatic rings. The maximum atomic E-state index is 13.8. The number of aryl methyl sites for hydroxylation is 1. The Balaban J connectivity index is 2.16. The second-order valence-electron chi connectivity index (χ2n) is 4.94. The van der Waals surface area contributed by atoms with Gasteiger partial charge in [-0.3, -0.25) is 0 Å². The smallest absolute Gasteiger partial charge is 0.146 e. The molecule has 0 spiro atoms.